The molecule has 1 aromatic carbocycles. The molecule has 6 heteroatoms. The van der Waals surface area contributed by atoms with Crippen LogP contribution in [0.4, 0.5) is 13.2 Å². The van der Waals surface area contributed by atoms with Crippen LogP contribution in [0.1, 0.15) is 25.5 Å². The average Bonchev–Trinajstić information content (AvgIpc) is 2.45. The van der Waals surface area contributed by atoms with Crippen molar-refractivity contribution in [2.45, 2.75) is 32.1 Å². The van der Waals surface area contributed by atoms with E-state index in [2.05, 4.69) is 10.3 Å². The highest BCUT2D eigenvalue weighted by atomic mass is 19.4. The van der Waals surface area contributed by atoms with E-state index in [1.54, 1.807) is 30.5 Å². The lowest BCUT2D eigenvalue weighted by Crippen LogP contribution is -2.41. The van der Waals surface area contributed by atoms with Gasteiger partial charge >= 0.3 is 6.18 Å². The van der Waals surface area contributed by atoms with E-state index in [9.17, 15) is 13.2 Å². The number of alkyl halides is 3. The second kappa shape index (κ2) is 6.20. The molecule has 1 aliphatic rings. The maximum Gasteiger partial charge on any atom is 0.415 e. The Morgan fingerprint density at radius 1 is 1.19 bits per heavy atom. The zero-order valence-corrected chi connectivity index (χ0v) is 11.9. The van der Waals surface area contributed by atoms with Crippen LogP contribution in [0.3, 0.4) is 0 Å². The van der Waals surface area contributed by atoms with E-state index in [4.69, 9.17) is 0 Å². The summed E-state index contributed by atoms with van der Waals surface area (Å²) >= 11 is 0. The molecule has 0 aromatic heterocycles. The quantitative estimate of drug-likeness (QED) is 0.925. The van der Waals surface area contributed by atoms with Crippen LogP contribution in [0.2, 0.25) is 0 Å². The van der Waals surface area contributed by atoms with Gasteiger partial charge in [0.1, 0.15) is 5.84 Å². The van der Waals surface area contributed by atoms with Crippen LogP contribution in [0.5, 0.6) is 0 Å². The van der Waals surface area contributed by atoms with E-state index in [0.29, 0.717) is 6.67 Å². The minimum atomic E-state index is -4.42. The molecule has 0 saturated heterocycles. The number of nitrogens with one attached hydrogen (secondary N) is 1. The van der Waals surface area contributed by atoms with Gasteiger partial charge in [0.05, 0.1) is 6.67 Å². The van der Waals surface area contributed by atoms with Gasteiger partial charge in [-0.15, -0.1) is 0 Å². The van der Waals surface area contributed by atoms with Gasteiger partial charge in [0.15, 0.2) is 6.04 Å². The van der Waals surface area contributed by atoms with Crippen LogP contribution in [0.15, 0.2) is 47.6 Å². The molecule has 0 radical (unpaired) electrons. The van der Waals surface area contributed by atoms with Crippen molar-refractivity contribution in [1.82, 2.24) is 10.2 Å². The second-order valence-corrected chi connectivity index (χ2v) is 5.13. The van der Waals surface area contributed by atoms with Gasteiger partial charge in [-0.05, 0) is 25.5 Å². The molecule has 0 unspecified atom stereocenters. The van der Waals surface area contributed by atoms with E-state index in [1.165, 1.54) is 12.1 Å². The zero-order valence-electron chi connectivity index (χ0n) is 11.9. The van der Waals surface area contributed by atoms with Crippen LogP contribution in [-0.2, 0) is 0 Å². The van der Waals surface area contributed by atoms with Gasteiger partial charge in [-0.1, -0.05) is 30.3 Å². The van der Waals surface area contributed by atoms with Crippen molar-refractivity contribution in [3.05, 3.63) is 48.2 Å². The van der Waals surface area contributed by atoms with Crippen LogP contribution >= 0.6 is 0 Å². The molecule has 0 fully saturated rings. The number of hydrogen-bond donors (Lipinski definition) is 1. The first-order chi connectivity index (χ1) is 9.88. The average molecular weight is 297 g/mol. The molecule has 21 heavy (non-hydrogen) atoms. The van der Waals surface area contributed by atoms with Crippen molar-refractivity contribution >= 4 is 5.84 Å². The third-order valence-electron chi connectivity index (χ3n) is 3.22. The summed E-state index contributed by atoms with van der Waals surface area (Å²) < 4.78 is 39.6. The van der Waals surface area contributed by atoms with Crippen molar-refractivity contribution in [2.24, 2.45) is 4.99 Å². The number of amidine groups is 1. The van der Waals surface area contributed by atoms with Crippen LogP contribution in [-0.4, -0.2) is 29.6 Å². The topological polar surface area (TPSA) is 27.6 Å². The van der Waals surface area contributed by atoms with Crippen LogP contribution in [0, 0.1) is 0 Å². The summed E-state index contributed by atoms with van der Waals surface area (Å²) in [7, 11) is 0. The summed E-state index contributed by atoms with van der Waals surface area (Å²) in [4.78, 5) is 5.81. The Morgan fingerprint density at radius 2 is 1.86 bits per heavy atom. The Bertz CT molecular complexity index is 521. The highest BCUT2D eigenvalue weighted by molar-refractivity contribution is 5.93. The Balaban J connectivity index is 2.25. The summed E-state index contributed by atoms with van der Waals surface area (Å²) in [5.41, 5.74) is 0.138. The smallest absolute Gasteiger partial charge is 0.358 e. The third kappa shape index (κ3) is 4.00. The first-order valence-electron chi connectivity index (χ1n) is 6.75. The van der Waals surface area contributed by atoms with Crippen LogP contribution in [0.25, 0.3) is 0 Å². The van der Waals surface area contributed by atoms with Crippen molar-refractivity contribution < 1.29 is 13.2 Å². The monoisotopic (exact) mass is 297 g/mol. The Labute approximate surface area is 122 Å². The summed E-state index contributed by atoms with van der Waals surface area (Å²) in [6.07, 6.45) is -1.08. The van der Waals surface area contributed by atoms with Gasteiger partial charge in [-0.25, -0.2) is 0 Å². The highest BCUT2D eigenvalue weighted by Crippen LogP contribution is 2.36. The molecular formula is C15H18F3N3. The molecule has 114 valence electrons. The van der Waals surface area contributed by atoms with E-state index in [0.717, 1.165) is 0 Å². The summed E-state index contributed by atoms with van der Waals surface area (Å²) in [6.45, 7) is 4.47. The minimum absolute atomic E-state index is 0.138. The van der Waals surface area contributed by atoms with E-state index < -0.39 is 12.2 Å². The minimum Gasteiger partial charge on any atom is -0.358 e. The molecule has 1 aliphatic heterocycles. The highest BCUT2D eigenvalue weighted by Gasteiger charge is 2.41. The number of hydrogen-bond acceptors (Lipinski definition) is 2. The van der Waals surface area contributed by atoms with Crippen molar-refractivity contribution in [3.63, 3.8) is 0 Å². The predicted molar refractivity (Wildman–Crippen MR) is 76.8 cm³/mol. The molecule has 1 heterocycles. The molecule has 0 saturated carbocycles. The Kier molecular flexibility index (Phi) is 4.55. The van der Waals surface area contributed by atoms with E-state index in [-0.39, 0.29) is 17.4 Å². The molecule has 0 aliphatic carbocycles. The summed E-state index contributed by atoms with van der Waals surface area (Å²) in [5, 5.41) is 2.91. The Hall–Kier alpha value is -1.98. The van der Waals surface area contributed by atoms with Crippen LogP contribution < -0.4 is 5.32 Å². The number of benzene rings is 1. The SMILES string of the molecule is CC(C)N1C=CC(=N[C@H](c2ccccc2)C(F)(F)F)NC1. The van der Waals surface area contributed by atoms with Crippen molar-refractivity contribution in [2.75, 3.05) is 6.67 Å². The molecule has 1 aromatic rings. The second-order valence-electron chi connectivity index (χ2n) is 5.13. The largest absolute Gasteiger partial charge is 0.415 e. The number of nitrogens with zero attached hydrogens (tertiary/aromatic N) is 2. The lowest BCUT2D eigenvalue weighted by molar-refractivity contribution is -0.148. The third-order valence-corrected chi connectivity index (χ3v) is 3.22. The fourth-order valence-electron chi connectivity index (χ4n) is 2.00. The lowest BCUT2D eigenvalue weighted by Gasteiger charge is -2.29. The van der Waals surface area contributed by atoms with Crippen molar-refractivity contribution in [3.8, 4) is 0 Å². The molecule has 2 rings (SSSR count). The molecule has 0 bridgehead atoms. The lowest BCUT2D eigenvalue weighted by atomic mass is 10.1. The summed E-state index contributed by atoms with van der Waals surface area (Å²) in [5.74, 6) is 0.248. The Morgan fingerprint density at radius 3 is 2.33 bits per heavy atom. The zero-order chi connectivity index (χ0) is 15.5. The maximum absolute atomic E-state index is 13.2. The van der Waals surface area contributed by atoms with E-state index >= 15 is 0 Å². The summed E-state index contributed by atoms with van der Waals surface area (Å²) in [6, 6.07) is 6.16. The predicted octanol–water partition coefficient (Wildman–Crippen LogP) is 3.47. The van der Waals surface area contributed by atoms with Gasteiger partial charge in [0, 0.05) is 12.2 Å². The molecule has 1 N–H and O–H groups in total. The normalized spacial score (nSPS) is 19.0. The fourth-order valence-corrected chi connectivity index (χ4v) is 2.00. The van der Waals surface area contributed by atoms with E-state index in [1.807, 2.05) is 18.7 Å². The molecule has 1 atom stereocenters. The van der Waals surface area contributed by atoms with Gasteiger partial charge < -0.3 is 10.2 Å². The van der Waals surface area contributed by atoms with Gasteiger partial charge in [-0.2, -0.15) is 13.2 Å². The standard InChI is InChI=1S/C15H18F3N3/c1-11(2)21-9-8-13(19-10-21)20-14(15(16,17)18)12-6-4-3-5-7-12/h3-9,11,14H,10H2,1-2H3,(H,19,20)/t14-/m1/s1. The first-order valence-corrected chi connectivity index (χ1v) is 6.75. The number of aliphatic imine (C=N–C) groups is 1. The van der Waals surface area contributed by atoms with Gasteiger partial charge in [-0.3, -0.25) is 4.99 Å². The maximum atomic E-state index is 13.2. The number of halogens is 3. The van der Waals surface area contributed by atoms with Crippen molar-refractivity contribution in [1.29, 1.82) is 0 Å². The fraction of sp³-hybridized carbons (Fsp3) is 0.400. The first kappa shape index (κ1) is 15.4. The molecular weight excluding hydrogens is 279 g/mol. The molecule has 0 amide bonds. The molecule has 0 spiro atoms. The molecule has 3 nitrogen and oxygen atoms in total. The number of rotatable bonds is 3. The van der Waals surface area contributed by atoms with Gasteiger partial charge in [0.2, 0.25) is 0 Å². The van der Waals surface area contributed by atoms with Gasteiger partial charge in [0.25, 0.3) is 0 Å².